The van der Waals surface area contributed by atoms with Crippen molar-refractivity contribution in [1.29, 1.82) is 0 Å². The Bertz CT molecular complexity index is 1500. The highest BCUT2D eigenvalue weighted by atomic mass is 32.2. The smallest absolute Gasteiger partial charge is 0.425 e. The van der Waals surface area contributed by atoms with Crippen LogP contribution in [0.3, 0.4) is 0 Å². The highest BCUT2D eigenvalue weighted by Gasteiger charge is 2.54. The Balaban J connectivity index is 1.27. The lowest BCUT2D eigenvalue weighted by molar-refractivity contribution is -0.174. The number of carbonyl (C=O) groups is 3. The zero-order valence-corrected chi connectivity index (χ0v) is 23.7. The average Bonchev–Trinajstić information content (AvgIpc) is 3.53. The monoisotopic (exact) mass is 643 g/mol. The number of fused-ring (bicyclic) bond motifs is 2. The van der Waals surface area contributed by atoms with Crippen molar-refractivity contribution in [3.63, 3.8) is 0 Å². The number of alkyl halides is 3. The standard InChI is InChI=1S/C22H20F3N9O5S3/c1-32-5-6-33-12(32)3-2-11(29-33)40-7-4-10-8-41-19-14(18(36)34(19)15(10)20(37)38)27-17(35)13(16-28-21(26)42-31-16)30-39-9-22(23,24)25/h2-7,14,19,29H,8-9H2,1H3,(H,27,35)(H,37,38)(H2,26,28,31)/b7-4+,30-13-/t14-,19+/m1/s1. The number of amides is 2. The lowest BCUT2D eigenvalue weighted by Gasteiger charge is -2.49. The zero-order chi connectivity index (χ0) is 30.2. The number of anilines is 1. The van der Waals surface area contributed by atoms with Gasteiger partial charge in [-0.25, -0.2) is 9.80 Å². The van der Waals surface area contributed by atoms with Crippen LogP contribution in [0.2, 0.25) is 0 Å². The number of halogens is 3. The van der Waals surface area contributed by atoms with E-state index in [9.17, 15) is 32.7 Å². The number of aliphatic carboxylic acids is 1. The summed E-state index contributed by atoms with van der Waals surface area (Å²) >= 11 is 3.19. The molecule has 5 rings (SSSR count). The van der Waals surface area contributed by atoms with E-state index in [0.717, 1.165) is 15.7 Å². The Hall–Kier alpha value is -4.17. The SMILES string of the molecule is CN1C=CN2NC(S/C=C/C3=C(C(=O)O)N4C(=O)[C@@H](NC(=O)/C(=N\OCC(F)(F)F)c5nsc(N)n5)[C@@H]4SC3)=CC=C12. The molecule has 0 spiro atoms. The lowest BCUT2D eigenvalue weighted by atomic mass is 10.0. The third kappa shape index (κ3) is 6.04. The summed E-state index contributed by atoms with van der Waals surface area (Å²) in [7, 11) is 1.91. The van der Waals surface area contributed by atoms with E-state index in [-0.39, 0.29) is 16.6 Å². The van der Waals surface area contributed by atoms with E-state index in [1.54, 1.807) is 11.5 Å². The molecule has 0 aliphatic carbocycles. The van der Waals surface area contributed by atoms with E-state index in [1.807, 2.05) is 41.5 Å². The summed E-state index contributed by atoms with van der Waals surface area (Å²) in [6.45, 7) is -1.78. The molecule has 5 heterocycles. The first kappa shape index (κ1) is 29.3. The van der Waals surface area contributed by atoms with Crippen LogP contribution in [0.4, 0.5) is 18.3 Å². The molecule has 0 aromatic carbocycles. The average molecular weight is 644 g/mol. The number of carboxylic acid groups (broad SMARTS) is 1. The van der Waals surface area contributed by atoms with E-state index in [1.165, 1.54) is 23.5 Å². The molecule has 2 amide bonds. The van der Waals surface area contributed by atoms with E-state index in [0.29, 0.717) is 17.1 Å². The lowest BCUT2D eigenvalue weighted by Crippen LogP contribution is -2.71. The summed E-state index contributed by atoms with van der Waals surface area (Å²) < 4.78 is 41.3. The molecule has 42 heavy (non-hydrogen) atoms. The van der Waals surface area contributed by atoms with E-state index in [2.05, 4.69) is 30.1 Å². The van der Waals surface area contributed by atoms with Crippen LogP contribution in [-0.4, -0.2) is 89.8 Å². The molecular formula is C22H20F3N9O5S3. The van der Waals surface area contributed by atoms with Crippen molar-refractivity contribution >= 4 is 63.7 Å². The molecule has 0 bridgehead atoms. The predicted octanol–water partition coefficient (Wildman–Crippen LogP) is 1.31. The molecule has 2 atom stereocenters. The van der Waals surface area contributed by atoms with Gasteiger partial charge >= 0.3 is 12.1 Å². The fourth-order valence-electron chi connectivity index (χ4n) is 4.01. The second-order valence-electron chi connectivity index (χ2n) is 8.69. The van der Waals surface area contributed by atoms with Crippen molar-refractivity contribution in [2.75, 3.05) is 25.1 Å². The number of oxime groups is 1. The maximum absolute atomic E-state index is 13.0. The first-order valence-corrected chi connectivity index (χ1v) is 14.4. The predicted molar refractivity (Wildman–Crippen MR) is 147 cm³/mol. The van der Waals surface area contributed by atoms with Gasteiger partial charge in [0.2, 0.25) is 18.1 Å². The van der Waals surface area contributed by atoms with E-state index < -0.39 is 53.5 Å². The number of carboxylic acids is 1. The highest BCUT2D eigenvalue weighted by molar-refractivity contribution is 8.05. The first-order valence-electron chi connectivity index (χ1n) is 11.7. The molecule has 14 nitrogen and oxygen atoms in total. The van der Waals surface area contributed by atoms with Gasteiger partial charge in [0, 0.05) is 36.7 Å². The number of allylic oxidation sites excluding steroid dienone is 3. The van der Waals surface area contributed by atoms with Crippen molar-refractivity contribution in [3.05, 3.63) is 64.0 Å². The third-order valence-corrected chi connectivity index (χ3v) is 8.46. The Morgan fingerprint density at radius 1 is 1.38 bits per heavy atom. The molecule has 4 aliphatic rings. The third-order valence-electron chi connectivity index (χ3n) is 5.87. The van der Waals surface area contributed by atoms with Crippen molar-refractivity contribution in [3.8, 4) is 0 Å². The molecule has 20 heteroatoms. The van der Waals surface area contributed by atoms with Gasteiger partial charge in [-0.3, -0.25) is 19.9 Å². The number of nitrogens with one attached hydrogen (secondary N) is 2. The molecule has 1 aromatic rings. The van der Waals surface area contributed by atoms with Gasteiger partial charge in [0.05, 0.1) is 5.03 Å². The number of nitrogens with two attached hydrogens (primary N) is 1. The summed E-state index contributed by atoms with van der Waals surface area (Å²) in [4.78, 5) is 49.1. The first-order chi connectivity index (χ1) is 19.9. The molecule has 0 radical (unpaired) electrons. The molecule has 1 saturated heterocycles. The molecule has 4 aliphatic heterocycles. The number of hydrogen-bond acceptors (Lipinski definition) is 14. The van der Waals surface area contributed by atoms with Crippen LogP contribution in [0, 0.1) is 0 Å². The number of β-lactam (4-membered cyclic amide) rings is 1. The van der Waals surface area contributed by atoms with Gasteiger partial charge in [0.1, 0.15) is 22.9 Å². The van der Waals surface area contributed by atoms with Crippen LogP contribution in [-0.2, 0) is 19.2 Å². The van der Waals surface area contributed by atoms with Gasteiger partial charge in [-0.15, -0.1) is 11.8 Å². The van der Waals surface area contributed by atoms with Crippen LogP contribution < -0.4 is 16.5 Å². The van der Waals surface area contributed by atoms with Crippen molar-refractivity contribution in [2.24, 2.45) is 5.16 Å². The van der Waals surface area contributed by atoms with Crippen LogP contribution >= 0.6 is 35.1 Å². The second-order valence-corrected chi connectivity index (χ2v) is 11.5. The number of aromatic nitrogens is 2. The number of rotatable bonds is 9. The van der Waals surface area contributed by atoms with Gasteiger partial charge in [0.25, 0.3) is 11.8 Å². The minimum absolute atomic E-state index is 0.0812. The highest BCUT2D eigenvalue weighted by Crippen LogP contribution is 2.41. The largest absolute Gasteiger partial charge is 0.477 e. The van der Waals surface area contributed by atoms with Gasteiger partial charge in [0.15, 0.2) is 5.13 Å². The molecule has 0 saturated carbocycles. The maximum Gasteiger partial charge on any atom is 0.425 e. The fourth-order valence-corrected chi connectivity index (χ4v) is 6.44. The Morgan fingerprint density at radius 2 is 2.17 bits per heavy atom. The number of nitrogens with zero attached hydrogens (tertiary/aromatic N) is 6. The second kappa shape index (κ2) is 11.6. The zero-order valence-electron chi connectivity index (χ0n) is 21.2. The van der Waals surface area contributed by atoms with Crippen LogP contribution in [0.5, 0.6) is 0 Å². The Labute approximate surface area is 247 Å². The fraction of sp³-hybridized carbons (Fsp3) is 0.273. The van der Waals surface area contributed by atoms with Gasteiger partial charge in [-0.1, -0.05) is 16.9 Å². The van der Waals surface area contributed by atoms with Gasteiger partial charge < -0.3 is 25.9 Å². The topological polar surface area (TPSA) is 179 Å². The number of hydrazine groups is 1. The van der Waals surface area contributed by atoms with Crippen LogP contribution in [0.15, 0.2) is 63.3 Å². The summed E-state index contributed by atoms with van der Waals surface area (Å²) in [5.74, 6) is -2.41. The molecule has 222 valence electrons. The molecule has 1 aromatic heterocycles. The molecule has 0 unspecified atom stereocenters. The van der Waals surface area contributed by atoms with Crippen molar-refractivity contribution in [1.82, 2.24) is 34.9 Å². The Morgan fingerprint density at radius 3 is 2.86 bits per heavy atom. The summed E-state index contributed by atoms with van der Waals surface area (Å²) in [6, 6.07) is -1.19. The quantitative estimate of drug-likeness (QED) is 0.172. The Kier molecular flexibility index (Phi) is 8.10. The maximum atomic E-state index is 13.0. The number of hydrogen-bond donors (Lipinski definition) is 4. The van der Waals surface area contributed by atoms with Crippen molar-refractivity contribution in [2.45, 2.75) is 17.6 Å². The van der Waals surface area contributed by atoms with Gasteiger partial charge in [-0.05, 0) is 29.2 Å². The molecular weight excluding hydrogens is 623 g/mol. The summed E-state index contributed by atoms with van der Waals surface area (Å²) in [5, 5.41) is 18.9. The summed E-state index contributed by atoms with van der Waals surface area (Å²) in [5.41, 5.74) is 8.13. The van der Waals surface area contributed by atoms with E-state index in [4.69, 9.17) is 5.73 Å². The molecule has 1 fully saturated rings. The van der Waals surface area contributed by atoms with Gasteiger partial charge in [-0.2, -0.15) is 22.5 Å². The normalized spacial score (nSPS) is 22.0. The minimum atomic E-state index is -4.72. The minimum Gasteiger partial charge on any atom is -0.477 e. The van der Waals surface area contributed by atoms with Crippen molar-refractivity contribution < 1.29 is 37.5 Å². The van der Waals surface area contributed by atoms with E-state index >= 15 is 0 Å². The summed E-state index contributed by atoms with van der Waals surface area (Å²) in [6.07, 6.45) is 4.41. The number of nitrogen functional groups attached to an aromatic ring is 1. The number of thioether (sulfide) groups is 2. The van der Waals surface area contributed by atoms with Crippen LogP contribution in [0.25, 0.3) is 0 Å². The number of carbonyl (C=O) groups excluding carboxylic acids is 2. The molecule has 5 N–H and O–H groups in total. The van der Waals surface area contributed by atoms with Crippen LogP contribution in [0.1, 0.15) is 5.82 Å².